The first kappa shape index (κ1) is 20.6. The number of hydrogen-bond acceptors (Lipinski definition) is 11. The van der Waals surface area contributed by atoms with Crippen molar-refractivity contribution in [1.82, 2.24) is 0 Å². The van der Waals surface area contributed by atoms with Gasteiger partial charge < -0.3 is 28.4 Å². The van der Waals surface area contributed by atoms with Crippen molar-refractivity contribution in [3.63, 3.8) is 0 Å². The molecule has 2 aliphatic rings. The largest absolute Gasteiger partial charge is 0.463 e. The van der Waals surface area contributed by atoms with Gasteiger partial charge in [0, 0.05) is 27.7 Å². The summed E-state index contributed by atoms with van der Waals surface area (Å²) in [7, 11) is 0. The van der Waals surface area contributed by atoms with E-state index in [1.807, 2.05) is 0 Å². The Morgan fingerprint density at radius 2 is 1.37 bits per heavy atom. The molecule has 2 rings (SSSR count). The van der Waals surface area contributed by atoms with Crippen LogP contribution < -0.4 is 0 Å². The average Bonchev–Trinajstić information content (AvgIpc) is 2.82. The van der Waals surface area contributed by atoms with Crippen molar-refractivity contribution in [3.8, 4) is 0 Å². The summed E-state index contributed by atoms with van der Waals surface area (Å²) >= 11 is 0. The minimum Gasteiger partial charge on any atom is -0.463 e. The topological polar surface area (TPSA) is 141 Å². The van der Waals surface area contributed by atoms with E-state index >= 15 is 0 Å². The van der Waals surface area contributed by atoms with Gasteiger partial charge in [0.2, 0.25) is 6.10 Å². The molecule has 2 heterocycles. The molecule has 6 atom stereocenters. The number of rotatable bonds is 5. The van der Waals surface area contributed by atoms with Gasteiger partial charge in [-0.15, -0.1) is 0 Å². The van der Waals surface area contributed by atoms with Crippen LogP contribution in [0.3, 0.4) is 0 Å². The molecule has 0 aromatic heterocycles. The summed E-state index contributed by atoms with van der Waals surface area (Å²) in [5.41, 5.74) is 0. The Kier molecular flexibility index (Phi) is 6.37. The fourth-order valence-corrected chi connectivity index (χ4v) is 2.94. The third-order valence-electron chi connectivity index (χ3n) is 3.80. The molecule has 11 heteroatoms. The van der Waals surface area contributed by atoms with Crippen LogP contribution in [0.15, 0.2) is 0 Å². The zero-order valence-electron chi connectivity index (χ0n) is 15.2. The summed E-state index contributed by atoms with van der Waals surface area (Å²) in [5, 5.41) is 0. The zero-order chi connectivity index (χ0) is 20.3. The molecular weight excluding hydrogens is 368 g/mol. The Morgan fingerprint density at radius 1 is 0.815 bits per heavy atom. The van der Waals surface area contributed by atoms with Gasteiger partial charge in [-0.2, -0.15) is 0 Å². The van der Waals surface area contributed by atoms with E-state index in [4.69, 9.17) is 28.4 Å². The highest BCUT2D eigenvalue weighted by atomic mass is 16.7. The van der Waals surface area contributed by atoms with Crippen LogP contribution in [0.5, 0.6) is 0 Å². The van der Waals surface area contributed by atoms with E-state index in [-0.39, 0.29) is 6.61 Å². The van der Waals surface area contributed by atoms with Crippen LogP contribution in [-0.4, -0.2) is 73.1 Å². The number of carbonyl (C=O) groups excluding carboxylic acids is 5. The molecule has 2 fully saturated rings. The van der Waals surface area contributed by atoms with Crippen molar-refractivity contribution in [2.75, 3.05) is 6.61 Å². The van der Waals surface area contributed by atoms with E-state index in [9.17, 15) is 24.0 Å². The van der Waals surface area contributed by atoms with Crippen LogP contribution in [0.2, 0.25) is 0 Å². The molecule has 0 saturated carbocycles. The van der Waals surface area contributed by atoms with E-state index in [0.717, 1.165) is 20.8 Å². The lowest BCUT2D eigenvalue weighted by Crippen LogP contribution is -2.61. The summed E-state index contributed by atoms with van der Waals surface area (Å²) in [4.78, 5) is 57.5. The SMILES string of the molecule is CC(=O)OCC1OC2C(OC(C)=O)C(=O)OC2C(OC(C)=O)C1OC(C)=O. The number of esters is 5. The first-order valence-electron chi connectivity index (χ1n) is 8.11. The second kappa shape index (κ2) is 8.33. The molecule has 0 aliphatic carbocycles. The normalized spacial score (nSPS) is 31.9. The van der Waals surface area contributed by atoms with Crippen molar-refractivity contribution in [3.05, 3.63) is 0 Å². The fourth-order valence-electron chi connectivity index (χ4n) is 2.94. The zero-order valence-corrected chi connectivity index (χ0v) is 15.2. The van der Waals surface area contributed by atoms with Crippen molar-refractivity contribution in [2.45, 2.75) is 64.3 Å². The predicted molar refractivity (Wildman–Crippen MR) is 81.8 cm³/mol. The number of carbonyl (C=O) groups is 5. The lowest BCUT2D eigenvalue weighted by molar-refractivity contribution is -0.243. The van der Waals surface area contributed by atoms with Gasteiger partial charge in [0.15, 0.2) is 18.3 Å². The van der Waals surface area contributed by atoms with E-state index in [1.165, 1.54) is 6.92 Å². The second-order valence-electron chi connectivity index (χ2n) is 6.02. The highest BCUT2D eigenvalue weighted by Crippen LogP contribution is 2.35. The summed E-state index contributed by atoms with van der Waals surface area (Å²) < 4.78 is 31.1. The molecule has 0 radical (unpaired) electrons. The molecule has 0 bridgehead atoms. The highest BCUT2D eigenvalue weighted by Gasteiger charge is 2.60. The average molecular weight is 388 g/mol. The summed E-state index contributed by atoms with van der Waals surface area (Å²) in [6, 6.07) is 0. The third-order valence-corrected chi connectivity index (χ3v) is 3.80. The Morgan fingerprint density at radius 3 is 1.89 bits per heavy atom. The Balaban J connectivity index is 2.36. The fraction of sp³-hybridized carbons (Fsp3) is 0.688. The van der Waals surface area contributed by atoms with E-state index in [2.05, 4.69) is 0 Å². The first-order valence-corrected chi connectivity index (χ1v) is 8.11. The van der Waals surface area contributed by atoms with Crippen molar-refractivity contribution in [1.29, 1.82) is 0 Å². The minimum absolute atomic E-state index is 0.352. The molecule has 6 unspecified atom stereocenters. The molecule has 27 heavy (non-hydrogen) atoms. The number of hydrogen-bond donors (Lipinski definition) is 0. The van der Waals surface area contributed by atoms with Crippen LogP contribution >= 0.6 is 0 Å². The van der Waals surface area contributed by atoms with Crippen LogP contribution in [0.4, 0.5) is 0 Å². The lowest BCUT2D eigenvalue weighted by Gasteiger charge is -2.41. The number of ether oxygens (including phenoxy) is 6. The van der Waals surface area contributed by atoms with Gasteiger partial charge >= 0.3 is 29.8 Å². The second-order valence-corrected chi connectivity index (χ2v) is 6.02. The molecule has 0 spiro atoms. The predicted octanol–water partition coefficient (Wildman–Crippen LogP) is -0.963. The quantitative estimate of drug-likeness (QED) is 0.424. The minimum atomic E-state index is -1.40. The Hall–Kier alpha value is -2.69. The van der Waals surface area contributed by atoms with Crippen LogP contribution in [0, 0.1) is 0 Å². The van der Waals surface area contributed by atoms with Crippen LogP contribution in [-0.2, 0) is 52.4 Å². The molecule has 0 amide bonds. The van der Waals surface area contributed by atoms with E-state index in [1.54, 1.807) is 0 Å². The van der Waals surface area contributed by atoms with Gasteiger partial charge in [0.25, 0.3) is 0 Å². The van der Waals surface area contributed by atoms with Gasteiger partial charge in [-0.25, -0.2) is 4.79 Å². The molecule has 11 nitrogen and oxygen atoms in total. The van der Waals surface area contributed by atoms with Crippen molar-refractivity contribution < 1.29 is 52.4 Å². The van der Waals surface area contributed by atoms with E-state index < -0.39 is 66.5 Å². The highest BCUT2D eigenvalue weighted by molar-refractivity contribution is 5.81. The van der Waals surface area contributed by atoms with Crippen LogP contribution in [0.25, 0.3) is 0 Å². The maximum absolute atomic E-state index is 12.1. The smallest absolute Gasteiger partial charge is 0.350 e. The molecule has 150 valence electrons. The summed E-state index contributed by atoms with van der Waals surface area (Å²) in [5.74, 6) is -3.71. The Labute approximate surface area is 154 Å². The maximum atomic E-state index is 12.1. The lowest BCUT2D eigenvalue weighted by atomic mass is 9.93. The van der Waals surface area contributed by atoms with Crippen molar-refractivity contribution in [2.24, 2.45) is 0 Å². The summed E-state index contributed by atoms with van der Waals surface area (Å²) in [6.45, 7) is 4.17. The van der Waals surface area contributed by atoms with Gasteiger partial charge in [-0.3, -0.25) is 19.2 Å². The molecule has 2 saturated heterocycles. The number of fused-ring (bicyclic) bond motifs is 1. The molecule has 2 aliphatic heterocycles. The van der Waals surface area contributed by atoms with Crippen LogP contribution in [0.1, 0.15) is 27.7 Å². The molecule has 0 aromatic carbocycles. The monoisotopic (exact) mass is 388 g/mol. The van der Waals surface area contributed by atoms with Gasteiger partial charge in [0.1, 0.15) is 18.8 Å². The maximum Gasteiger partial charge on any atom is 0.350 e. The molecule has 0 N–H and O–H groups in total. The summed E-state index contributed by atoms with van der Waals surface area (Å²) in [6.07, 6.45) is -7.26. The first-order chi connectivity index (χ1) is 12.6. The van der Waals surface area contributed by atoms with Crippen molar-refractivity contribution >= 4 is 29.8 Å². The van der Waals surface area contributed by atoms with E-state index in [0.29, 0.717) is 0 Å². The van der Waals surface area contributed by atoms with Gasteiger partial charge in [0.05, 0.1) is 0 Å². The standard InChI is InChI=1S/C16H20O11/c1-6(17)22-5-10-11(23-7(2)18)12(24-8(3)19)13-14(26-10)15(16(21)27-13)25-9(4)20/h10-15H,5H2,1-4H3. The molecule has 0 aromatic rings. The third kappa shape index (κ3) is 4.94. The molecular formula is C16H20O11. The van der Waals surface area contributed by atoms with Gasteiger partial charge in [-0.05, 0) is 0 Å². The van der Waals surface area contributed by atoms with Gasteiger partial charge in [-0.1, -0.05) is 0 Å². The Bertz CT molecular complexity index is 642.